The van der Waals surface area contributed by atoms with Crippen LogP contribution in [0.4, 0.5) is 0 Å². The smallest absolute Gasteiger partial charge is 0.160 e. The van der Waals surface area contributed by atoms with Crippen LogP contribution < -0.4 is 4.74 Å². The Hall–Kier alpha value is -0.700. The van der Waals surface area contributed by atoms with E-state index in [-0.39, 0.29) is 0 Å². The molecule has 78 valence electrons. The van der Waals surface area contributed by atoms with Gasteiger partial charge in [0.05, 0.1) is 19.0 Å². The van der Waals surface area contributed by atoms with Gasteiger partial charge in [-0.05, 0) is 19.3 Å². The van der Waals surface area contributed by atoms with Crippen LogP contribution in [0.2, 0.25) is 0 Å². The van der Waals surface area contributed by atoms with Crippen LogP contribution in [-0.2, 0) is 7.05 Å². The first-order chi connectivity index (χ1) is 6.72. The summed E-state index contributed by atoms with van der Waals surface area (Å²) in [7, 11) is 3.65. The van der Waals surface area contributed by atoms with Crippen LogP contribution in [0.25, 0.3) is 0 Å². The van der Waals surface area contributed by atoms with Gasteiger partial charge in [-0.2, -0.15) is 5.10 Å². The molecule has 1 fully saturated rings. The molecule has 0 radical (unpaired) electrons. The Kier molecular flexibility index (Phi) is 2.68. The highest BCUT2D eigenvalue weighted by Gasteiger charge is 2.28. The van der Waals surface area contributed by atoms with E-state index in [0.29, 0.717) is 11.3 Å². The fourth-order valence-corrected chi connectivity index (χ4v) is 2.57. The molecule has 4 heteroatoms. The van der Waals surface area contributed by atoms with E-state index >= 15 is 0 Å². The molecular weight excluding hydrogens is 200 g/mol. The van der Waals surface area contributed by atoms with Crippen molar-refractivity contribution in [2.24, 2.45) is 7.05 Å². The largest absolute Gasteiger partial charge is 0.493 e. The Bertz CT molecular complexity index is 324. The number of rotatable bonds is 2. The second-order valence-electron chi connectivity index (χ2n) is 3.83. The van der Waals surface area contributed by atoms with Crippen molar-refractivity contribution in [3.8, 4) is 5.75 Å². The monoisotopic (exact) mass is 214 g/mol. The predicted octanol–water partition coefficient (Wildman–Crippen LogP) is 2.30. The van der Waals surface area contributed by atoms with Crippen molar-refractivity contribution in [2.45, 2.75) is 30.6 Å². The molecule has 1 aromatic rings. The van der Waals surface area contributed by atoms with Crippen LogP contribution in [0.1, 0.15) is 30.9 Å². The van der Waals surface area contributed by atoms with Gasteiger partial charge in [-0.1, -0.05) is 0 Å². The van der Waals surface area contributed by atoms with Crippen molar-refractivity contribution in [3.05, 3.63) is 11.9 Å². The number of nitrogens with zero attached hydrogens (tertiary/aromatic N) is 2. The van der Waals surface area contributed by atoms with Gasteiger partial charge in [0, 0.05) is 18.3 Å². The van der Waals surface area contributed by atoms with E-state index in [4.69, 9.17) is 16.3 Å². The average Bonchev–Trinajstić information content (AvgIpc) is 2.71. The lowest BCUT2D eigenvalue weighted by Crippen LogP contribution is -2.04. The molecule has 1 aliphatic rings. The zero-order valence-corrected chi connectivity index (χ0v) is 9.29. The molecule has 1 aromatic heterocycles. The molecule has 0 aliphatic heterocycles. The third-order valence-electron chi connectivity index (χ3n) is 2.92. The summed E-state index contributed by atoms with van der Waals surface area (Å²) in [4.78, 5) is 0. The quantitative estimate of drug-likeness (QED) is 0.707. The van der Waals surface area contributed by atoms with Crippen molar-refractivity contribution in [1.82, 2.24) is 9.78 Å². The van der Waals surface area contributed by atoms with Crippen molar-refractivity contribution >= 4 is 11.6 Å². The van der Waals surface area contributed by atoms with E-state index in [1.165, 1.54) is 5.69 Å². The van der Waals surface area contributed by atoms with E-state index in [1.54, 1.807) is 13.3 Å². The van der Waals surface area contributed by atoms with Crippen molar-refractivity contribution in [2.75, 3.05) is 7.11 Å². The number of hydrogen-bond donors (Lipinski definition) is 0. The Morgan fingerprint density at radius 2 is 2.36 bits per heavy atom. The van der Waals surface area contributed by atoms with E-state index in [0.717, 1.165) is 25.0 Å². The molecule has 14 heavy (non-hydrogen) atoms. The van der Waals surface area contributed by atoms with Crippen LogP contribution in [-0.4, -0.2) is 22.3 Å². The fraction of sp³-hybridized carbons (Fsp3) is 0.700. The van der Waals surface area contributed by atoms with Gasteiger partial charge < -0.3 is 4.74 Å². The Labute approximate surface area is 89.0 Å². The fourth-order valence-electron chi connectivity index (χ4n) is 2.22. The number of ether oxygens (including phenoxy) is 1. The first-order valence-electron chi connectivity index (χ1n) is 4.92. The number of alkyl halides is 1. The molecule has 0 N–H and O–H groups in total. The molecule has 0 amide bonds. The van der Waals surface area contributed by atoms with Gasteiger partial charge in [0.25, 0.3) is 0 Å². The normalized spacial score (nSPS) is 26.8. The second kappa shape index (κ2) is 3.81. The average molecular weight is 215 g/mol. The minimum atomic E-state index is 0.319. The van der Waals surface area contributed by atoms with Gasteiger partial charge in [0.2, 0.25) is 0 Å². The van der Waals surface area contributed by atoms with Gasteiger partial charge >= 0.3 is 0 Å². The molecule has 1 heterocycles. The van der Waals surface area contributed by atoms with E-state index in [1.807, 2.05) is 11.7 Å². The number of aromatic nitrogens is 2. The van der Waals surface area contributed by atoms with Crippen LogP contribution in [0.15, 0.2) is 6.20 Å². The number of aryl methyl sites for hydroxylation is 1. The summed E-state index contributed by atoms with van der Waals surface area (Å²) >= 11 is 6.10. The second-order valence-corrected chi connectivity index (χ2v) is 4.45. The molecule has 0 spiro atoms. The van der Waals surface area contributed by atoms with Crippen LogP contribution in [0.5, 0.6) is 5.75 Å². The van der Waals surface area contributed by atoms with Crippen LogP contribution in [0, 0.1) is 0 Å². The maximum absolute atomic E-state index is 6.10. The summed E-state index contributed by atoms with van der Waals surface area (Å²) in [6, 6.07) is 0. The van der Waals surface area contributed by atoms with Gasteiger partial charge in [-0.25, -0.2) is 0 Å². The molecule has 2 unspecified atom stereocenters. The first-order valence-corrected chi connectivity index (χ1v) is 5.36. The predicted molar refractivity (Wildman–Crippen MR) is 56.0 cm³/mol. The van der Waals surface area contributed by atoms with Crippen molar-refractivity contribution < 1.29 is 4.74 Å². The summed E-state index contributed by atoms with van der Waals surface area (Å²) in [5, 5.41) is 4.52. The van der Waals surface area contributed by atoms with Crippen LogP contribution in [0.3, 0.4) is 0 Å². The highest BCUT2D eigenvalue weighted by molar-refractivity contribution is 6.20. The summed E-state index contributed by atoms with van der Waals surface area (Å²) in [6.45, 7) is 0. The lowest BCUT2D eigenvalue weighted by Gasteiger charge is -2.11. The zero-order valence-electron chi connectivity index (χ0n) is 8.53. The molecule has 3 nitrogen and oxygen atoms in total. The van der Waals surface area contributed by atoms with E-state index in [9.17, 15) is 0 Å². The van der Waals surface area contributed by atoms with Gasteiger partial charge in [0.15, 0.2) is 5.75 Å². The third kappa shape index (κ3) is 1.61. The maximum atomic E-state index is 6.10. The van der Waals surface area contributed by atoms with E-state index < -0.39 is 0 Å². The summed E-state index contributed by atoms with van der Waals surface area (Å²) in [5.74, 6) is 1.41. The highest BCUT2D eigenvalue weighted by atomic mass is 35.5. The minimum Gasteiger partial charge on any atom is -0.493 e. The number of methoxy groups -OCH3 is 1. The van der Waals surface area contributed by atoms with Crippen LogP contribution >= 0.6 is 11.6 Å². The minimum absolute atomic E-state index is 0.319. The molecule has 2 rings (SSSR count). The zero-order chi connectivity index (χ0) is 10.1. The van der Waals surface area contributed by atoms with Gasteiger partial charge in [-0.3, -0.25) is 4.68 Å². The molecule has 1 aliphatic carbocycles. The standard InChI is InChI=1S/C10H15ClN2O/c1-13-10(9(14-2)6-12-13)7-3-4-8(11)5-7/h6-8H,3-5H2,1-2H3. The van der Waals surface area contributed by atoms with Gasteiger partial charge in [0.1, 0.15) is 0 Å². The molecular formula is C10H15ClN2O. The topological polar surface area (TPSA) is 27.1 Å². The SMILES string of the molecule is COc1cnn(C)c1C1CCC(Cl)C1. The third-order valence-corrected chi connectivity index (χ3v) is 3.32. The Morgan fingerprint density at radius 1 is 1.57 bits per heavy atom. The molecule has 1 saturated carbocycles. The molecule has 0 saturated heterocycles. The lowest BCUT2D eigenvalue weighted by atomic mass is 10.0. The highest BCUT2D eigenvalue weighted by Crippen LogP contribution is 2.40. The summed E-state index contributed by atoms with van der Waals surface area (Å²) in [6.07, 6.45) is 5.05. The lowest BCUT2D eigenvalue weighted by molar-refractivity contribution is 0.402. The Balaban J connectivity index is 2.26. The number of hydrogen-bond acceptors (Lipinski definition) is 2. The van der Waals surface area contributed by atoms with Crippen molar-refractivity contribution in [1.29, 1.82) is 0 Å². The molecule has 0 bridgehead atoms. The molecule has 0 aromatic carbocycles. The van der Waals surface area contributed by atoms with E-state index in [2.05, 4.69) is 5.10 Å². The first kappa shape index (κ1) is 9.84. The Morgan fingerprint density at radius 3 is 2.93 bits per heavy atom. The van der Waals surface area contributed by atoms with Crippen molar-refractivity contribution in [3.63, 3.8) is 0 Å². The number of halogens is 1. The van der Waals surface area contributed by atoms with Gasteiger partial charge in [-0.15, -0.1) is 11.6 Å². The molecule has 2 atom stereocenters. The summed E-state index contributed by atoms with van der Waals surface area (Å²) in [5.41, 5.74) is 1.19. The summed E-state index contributed by atoms with van der Waals surface area (Å²) < 4.78 is 7.19. The maximum Gasteiger partial charge on any atom is 0.160 e.